The Balaban J connectivity index is 1.95. The van der Waals surface area contributed by atoms with Crippen molar-refractivity contribution in [1.29, 1.82) is 0 Å². The molecule has 2 rings (SSSR count). The van der Waals surface area contributed by atoms with Gasteiger partial charge in [0.25, 0.3) is 5.91 Å². The van der Waals surface area contributed by atoms with Gasteiger partial charge in [-0.05, 0) is 62.5 Å². The maximum atomic E-state index is 13.5. The molecule has 1 unspecified atom stereocenters. The van der Waals surface area contributed by atoms with E-state index in [9.17, 15) is 9.18 Å². The summed E-state index contributed by atoms with van der Waals surface area (Å²) in [6.45, 7) is 3.19. The van der Waals surface area contributed by atoms with Crippen LogP contribution in [0.4, 0.5) is 4.39 Å². The second-order valence-electron chi connectivity index (χ2n) is 6.47. The standard InChI is InChI=1S/C21H27FN2O2/c1-4-5-13-26-19-11-9-16(10-12-19)21(25)23-15-20(24(2)3)17-7-6-8-18(22)14-17/h6-12,14,20H,4-5,13,15H2,1-3H3,(H,23,25). The predicted octanol–water partition coefficient (Wildman–Crippen LogP) is 4.04. The van der Waals surface area contributed by atoms with Crippen molar-refractivity contribution < 1.29 is 13.9 Å². The van der Waals surface area contributed by atoms with Crippen LogP contribution in [0.1, 0.15) is 41.7 Å². The van der Waals surface area contributed by atoms with Crippen molar-refractivity contribution in [2.45, 2.75) is 25.8 Å². The Kier molecular flexibility index (Phi) is 7.60. The van der Waals surface area contributed by atoms with Crippen molar-refractivity contribution in [2.75, 3.05) is 27.2 Å². The lowest BCUT2D eigenvalue weighted by molar-refractivity contribution is 0.0942. The molecule has 0 fully saturated rings. The highest BCUT2D eigenvalue weighted by Crippen LogP contribution is 2.19. The first-order valence-electron chi connectivity index (χ1n) is 8.94. The molecule has 140 valence electrons. The number of nitrogens with zero attached hydrogens (tertiary/aromatic N) is 1. The largest absolute Gasteiger partial charge is 0.494 e. The van der Waals surface area contributed by atoms with Crippen molar-refractivity contribution in [3.05, 3.63) is 65.5 Å². The fourth-order valence-corrected chi connectivity index (χ4v) is 2.64. The number of rotatable bonds is 9. The van der Waals surface area contributed by atoms with E-state index in [0.717, 1.165) is 24.2 Å². The van der Waals surface area contributed by atoms with E-state index in [1.165, 1.54) is 12.1 Å². The number of hydrogen-bond donors (Lipinski definition) is 1. The highest BCUT2D eigenvalue weighted by atomic mass is 19.1. The summed E-state index contributed by atoms with van der Waals surface area (Å²) in [7, 11) is 3.81. The number of carbonyl (C=O) groups is 1. The highest BCUT2D eigenvalue weighted by molar-refractivity contribution is 5.94. The lowest BCUT2D eigenvalue weighted by Gasteiger charge is -2.25. The monoisotopic (exact) mass is 358 g/mol. The molecule has 5 heteroatoms. The van der Waals surface area contributed by atoms with Crippen LogP contribution in [0.3, 0.4) is 0 Å². The molecular formula is C21H27FN2O2. The first kappa shape index (κ1) is 19.9. The summed E-state index contributed by atoms with van der Waals surface area (Å²) in [6.07, 6.45) is 2.09. The molecule has 0 aliphatic rings. The number of ether oxygens (including phenoxy) is 1. The third-order valence-electron chi connectivity index (χ3n) is 4.20. The fourth-order valence-electron chi connectivity index (χ4n) is 2.64. The first-order valence-corrected chi connectivity index (χ1v) is 8.94. The van der Waals surface area contributed by atoms with E-state index >= 15 is 0 Å². The molecule has 26 heavy (non-hydrogen) atoms. The molecule has 1 amide bonds. The summed E-state index contributed by atoms with van der Waals surface area (Å²) in [6, 6.07) is 13.5. The molecule has 0 spiro atoms. The van der Waals surface area contributed by atoms with E-state index in [4.69, 9.17) is 4.74 Å². The van der Waals surface area contributed by atoms with Crippen molar-refractivity contribution in [3.8, 4) is 5.75 Å². The Morgan fingerprint density at radius 3 is 2.54 bits per heavy atom. The molecule has 0 radical (unpaired) electrons. The van der Waals surface area contributed by atoms with Crippen molar-refractivity contribution in [3.63, 3.8) is 0 Å². The summed E-state index contributed by atoms with van der Waals surface area (Å²) in [4.78, 5) is 14.4. The van der Waals surface area contributed by atoms with Crippen LogP contribution < -0.4 is 10.1 Å². The van der Waals surface area contributed by atoms with Crippen LogP contribution in [0.2, 0.25) is 0 Å². The normalized spacial score (nSPS) is 12.0. The van der Waals surface area contributed by atoms with Gasteiger partial charge in [0, 0.05) is 12.1 Å². The summed E-state index contributed by atoms with van der Waals surface area (Å²) in [5, 5.41) is 2.93. The molecule has 0 aliphatic heterocycles. The summed E-state index contributed by atoms with van der Waals surface area (Å²) in [5.74, 6) is 0.327. The SMILES string of the molecule is CCCCOc1ccc(C(=O)NCC(c2cccc(F)c2)N(C)C)cc1. The minimum absolute atomic E-state index is 0.105. The van der Waals surface area contributed by atoms with Gasteiger partial charge in [0.05, 0.1) is 12.6 Å². The van der Waals surface area contributed by atoms with Gasteiger partial charge in [-0.15, -0.1) is 0 Å². The van der Waals surface area contributed by atoms with Crippen molar-refractivity contribution in [2.24, 2.45) is 0 Å². The second-order valence-corrected chi connectivity index (χ2v) is 6.47. The van der Waals surface area contributed by atoms with Gasteiger partial charge >= 0.3 is 0 Å². The van der Waals surface area contributed by atoms with E-state index in [1.807, 2.05) is 25.1 Å². The van der Waals surface area contributed by atoms with Crippen LogP contribution in [0.25, 0.3) is 0 Å². The predicted molar refractivity (Wildman–Crippen MR) is 102 cm³/mol. The third kappa shape index (κ3) is 5.85. The van der Waals surface area contributed by atoms with Crippen LogP contribution in [0.5, 0.6) is 5.75 Å². The van der Waals surface area contributed by atoms with Gasteiger partial charge in [-0.2, -0.15) is 0 Å². The highest BCUT2D eigenvalue weighted by Gasteiger charge is 2.16. The number of likely N-dealkylation sites (N-methyl/N-ethyl adjacent to an activating group) is 1. The Morgan fingerprint density at radius 2 is 1.92 bits per heavy atom. The molecule has 0 heterocycles. The maximum absolute atomic E-state index is 13.5. The molecule has 0 bridgehead atoms. The molecule has 1 N–H and O–H groups in total. The lowest BCUT2D eigenvalue weighted by atomic mass is 10.1. The lowest BCUT2D eigenvalue weighted by Crippen LogP contribution is -2.34. The average molecular weight is 358 g/mol. The first-order chi connectivity index (χ1) is 12.5. The molecule has 0 aliphatic carbocycles. The van der Waals surface area contributed by atoms with E-state index in [1.54, 1.807) is 30.3 Å². The van der Waals surface area contributed by atoms with Gasteiger partial charge < -0.3 is 15.0 Å². The summed E-state index contributed by atoms with van der Waals surface area (Å²) in [5.41, 5.74) is 1.40. The van der Waals surface area contributed by atoms with Crippen LogP contribution in [-0.2, 0) is 0 Å². The Morgan fingerprint density at radius 1 is 1.19 bits per heavy atom. The van der Waals surface area contributed by atoms with Crippen molar-refractivity contribution in [1.82, 2.24) is 10.2 Å². The minimum atomic E-state index is -0.278. The van der Waals surface area contributed by atoms with E-state index in [2.05, 4.69) is 12.2 Å². The van der Waals surface area contributed by atoms with E-state index < -0.39 is 0 Å². The zero-order valence-corrected chi connectivity index (χ0v) is 15.7. The summed E-state index contributed by atoms with van der Waals surface area (Å²) < 4.78 is 19.1. The molecule has 2 aromatic carbocycles. The zero-order valence-electron chi connectivity index (χ0n) is 15.7. The van der Waals surface area contributed by atoms with E-state index in [0.29, 0.717) is 18.7 Å². The van der Waals surface area contributed by atoms with Crippen LogP contribution in [0.15, 0.2) is 48.5 Å². The Bertz CT molecular complexity index is 701. The van der Waals surface area contributed by atoms with Gasteiger partial charge in [0.15, 0.2) is 0 Å². The second kappa shape index (κ2) is 9.92. The molecule has 0 saturated carbocycles. The van der Waals surface area contributed by atoms with Crippen molar-refractivity contribution >= 4 is 5.91 Å². The quantitative estimate of drug-likeness (QED) is 0.688. The van der Waals surface area contributed by atoms with Gasteiger partial charge in [0.2, 0.25) is 0 Å². The molecule has 0 aromatic heterocycles. The molecule has 2 aromatic rings. The smallest absolute Gasteiger partial charge is 0.251 e. The zero-order chi connectivity index (χ0) is 18.9. The number of hydrogen-bond acceptors (Lipinski definition) is 3. The molecule has 1 atom stereocenters. The number of unbranched alkanes of at least 4 members (excludes halogenated alkanes) is 1. The van der Waals surface area contributed by atoms with Gasteiger partial charge in [-0.3, -0.25) is 4.79 Å². The molecule has 4 nitrogen and oxygen atoms in total. The molecular weight excluding hydrogens is 331 g/mol. The van der Waals surface area contributed by atoms with Gasteiger partial charge in [-0.1, -0.05) is 25.5 Å². The third-order valence-corrected chi connectivity index (χ3v) is 4.20. The van der Waals surface area contributed by atoms with Crippen LogP contribution >= 0.6 is 0 Å². The number of benzene rings is 2. The number of amides is 1. The number of nitrogens with one attached hydrogen (secondary N) is 1. The minimum Gasteiger partial charge on any atom is -0.494 e. The maximum Gasteiger partial charge on any atom is 0.251 e. The topological polar surface area (TPSA) is 41.6 Å². The van der Waals surface area contributed by atoms with Crippen LogP contribution in [-0.4, -0.2) is 38.1 Å². The Labute approximate surface area is 155 Å². The van der Waals surface area contributed by atoms with Gasteiger partial charge in [-0.25, -0.2) is 4.39 Å². The average Bonchev–Trinajstić information content (AvgIpc) is 2.62. The van der Waals surface area contributed by atoms with Crippen LogP contribution in [0, 0.1) is 5.82 Å². The number of carbonyl (C=O) groups excluding carboxylic acids is 1. The van der Waals surface area contributed by atoms with E-state index in [-0.39, 0.29) is 17.8 Å². The Hall–Kier alpha value is -2.40. The summed E-state index contributed by atoms with van der Waals surface area (Å²) >= 11 is 0. The fraction of sp³-hybridized carbons (Fsp3) is 0.381. The number of halogens is 1. The van der Waals surface area contributed by atoms with Gasteiger partial charge in [0.1, 0.15) is 11.6 Å². The molecule has 0 saturated heterocycles.